The number of nitrogens with one attached hydrogen (secondary N) is 1. The Balaban J connectivity index is 4.03. The summed E-state index contributed by atoms with van der Waals surface area (Å²) in [5, 5.41) is 62.0. The van der Waals surface area contributed by atoms with E-state index in [1.807, 2.05) is 0 Å². The summed E-state index contributed by atoms with van der Waals surface area (Å²) in [6.45, 7) is 3.98. The highest BCUT2D eigenvalue weighted by Gasteiger charge is 2.60. The molecule has 0 aliphatic rings. The lowest BCUT2D eigenvalue weighted by Crippen LogP contribution is -2.73. The van der Waals surface area contributed by atoms with E-state index in [1.165, 1.54) is 78.3 Å². The Morgan fingerprint density at radius 3 is 1.69 bits per heavy atom. The van der Waals surface area contributed by atoms with Gasteiger partial charge in [0.25, 0.3) is 0 Å². The number of nitrogens with zero attached hydrogens (tertiary/aromatic N) is 1. The van der Waals surface area contributed by atoms with Crippen LogP contribution in [-0.2, 0) is 9.59 Å². The Morgan fingerprint density at radius 1 is 0.795 bits per heavy atom. The highest BCUT2D eigenvalue weighted by Crippen LogP contribution is 2.26. The van der Waals surface area contributed by atoms with Crippen LogP contribution in [0.25, 0.3) is 0 Å². The van der Waals surface area contributed by atoms with Gasteiger partial charge in [0.1, 0.15) is 12.2 Å². The molecule has 0 aliphatic carbocycles. The number of hydrogen-bond donors (Lipinski definition) is 7. The van der Waals surface area contributed by atoms with Crippen molar-refractivity contribution in [3.8, 4) is 0 Å². The standard InChI is InChI=1S/C29H58N2O8/c1-23(2)18-15-13-11-9-7-5-6-8-10-12-14-16-19-25(34)30-20-17-21-31(3,4)29(39,28(37)38)27(36)26(35)24(33)22-32/h23-24,26-27,32-33,35-36,39H,5-22H2,1-4H3,(H-,30,34,37,38)/p+1/t24-,26-,27+,29-/m1/s1. The van der Waals surface area contributed by atoms with Crippen molar-refractivity contribution in [3.05, 3.63) is 0 Å². The Labute approximate surface area is 236 Å². The molecule has 0 aromatic carbocycles. The van der Waals surface area contributed by atoms with Gasteiger partial charge in [0.05, 0.1) is 27.2 Å². The van der Waals surface area contributed by atoms with Crippen molar-refractivity contribution >= 4 is 11.9 Å². The summed E-state index contributed by atoms with van der Waals surface area (Å²) in [4.78, 5) is 24.0. The van der Waals surface area contributed by atoms with Crippen molar-refractivity contribution in [1.82, 2.24) is 5.32 Å². The van der Waals surface area contributed by atoms with Gasteiger partial charge in [-0.1, -0.05) is 90.9 Å². The number of unbranched alkanes of at least 4 members (excludes halogenated alkanes) is 11. The zero-order valence-corrected chi connectivity index (χ0v) is 25.0. The summed E-state index contributed by atoms with van der Waals surface area (Å²) in [5.41, 5.74) is -2.84. The normalized spacial score (nSPS) is 16.1. The van der Waals surface area contributed by atoms with E-state index in [2.05, 4.69) is 19.2 Å². The van der Waals surface area contributed by atoms with E-state index in [0.29, 0.717) is 12.8 Å². The second-order valence-corrected chi connectivity index (χ2v) is 12.0. The zero-order valence-electron chi connectivity index (χ0n) is 25.0. The monoisotopic (exact) mass is 563 g/mol. The molecule has 232 valence electrons. The summed E-state index contributed by atoms with van der Waals surface area (Å²) in [6.07, 6.45) is 10.7. The molecular formula is C29H59N2O8+. The Kier molecular flexibility index (Phi) is 19.9. The van der Waals surface area contributed by atoms with Gasteiger partial charge < -0.3 is 36.0 Å². The van der Waals surface area contributed by atoms with Gasteiger partial charge in [-0.2, -0.15) is 0 Å². The topological polar surface area (TPSA) is 168 Å². The van der Waals surface area contributed by atoms with Crippen LogP contribution < -0.4 is 5.32 Å². The van der Waals surface area contributed by atoms with Gasteiger partial charge >= 0.3 is 11.7 Å². The molecule has 0 aromatic heterocycles. The molecule has 39 heavy (non-hydrogen) atoms. The molecule has 7 N–H and O–H groups in total. The number of aliphatic hydroxyl groups is 5. The molecule has 0 aromatic rings. The molecular weight excluding hydrogens is 504 g/mol. The lowest BCUT2D eigenvalue weighted by atomic mass is 9.94. The molecule has 0 aliphatic heterocycles. The number of aliphatic carboxylic acids is 1. The summed E-state index contributed by atoms with van der Waals surface area (Å²) in [6, 6.07) is 0. The predicted molar refractivity (Wildman–Crippen MR) is 152 cm³/mol. The molecule has 10 heteroatoms. The van der Waals surface area contributed by atoms with Crippen molar-refractivity contribution in [2.75, 3.05) is 33.8 Å². The smallest absolute Gasteiger partial charge is 0.398 e. The number of carboxylic acids is 1. The fraction of sp³-hybridized carbons (Fsp3) is 0.931. The van der Waals surface area contributed by atoms with Gasteiger partial charge in [-0.15, -0.1) is 0 Å². The van der Waals surface area contributed by atoms with Crippen LogP contribution in [0.4, 0.5) is 0 Å². The highest BCUT2D eigenvalue weighted by molar-refractivity contribution is 5.76. The average Bonchev–Trinajstić information content (AvgIpc) is 2.88. The van der Waals surface area contributed by atoms with Gasteiger partial charge in [-0.05, 0) is 12.3 Å². The van der Waals surface area contributed by atoms with E-state index in [0.717, 1.165) is 25.2 Å². The fourth-order valence-corrected chi connectivity index (χ4v) is 4.87. The van der Waals surface area contributed by atoms with E-state index >= 15 is 0 Å². The summed E-state index contributed by atoms with van der Waals surface area (Å²) in [7, 11) is 2.73. The van der Waals surface area contributed by atoms with E-state index in [-0.39, 0.29) is 19.0 Å². The third kappa shape index (κ3) is 14.8. The minimum absolute atomic E-state index is 0.0558. The number of likely N-dealkylation sites (N-methyl/N-ethyl adjacent to an activating group) is 1. The lowest BCUT2D eigenvalue weighted by Gasteiger charge is -2.45. The van der Waals surface area contributed by atoms with Crippen LogP contribution in [0.5, 0.6) is 0 Å². The second kappa shape index (κ2) is 20.6. The maximum atomic E-state index is 12.1. The first-order valence-corrected chi connectivity index (χ1v) is 15.0. The van der Waals surface area contributed by atoms with Crippen LogP contribution in [-0.4, -0.2) is 105 Å². The van der Waals surface area contributed by atoms with Crippen molar-refractivity contribution in [3.63, 3.8) is 0 Å². The maximum Gasteiger partial charge on any atom is 0.398 e. The Bertz CT molecular complexity index is 661. The number of carbonyl (C=O) groups is 2. The third-order valence-electron chi connectivity index (χ3n) is 7.71. The molecule has 0 saturated heterocycles. The largest absolute Gasteiger partial charge is 0.475 e. The Hall–Kier alpha value is -1.30. The summed E-state index contributed by atoms with van der Waals surface area (Å²) >= 11 is 0. The number of quaternary nitrogens is 1. The summed E-state index contributed by atoms with van der Waals surface area (Å²) < 4.78 is -0.632. The van der Waals surface area contributed by atoms with E-state index < -0.39 is 41.1 Å². The lowest BCUT2D eigenvalue weighted by molar-refractivity contribution is -0.961. The number of hydrogen-bond acceptors (Lipinski definition) is 7. The van der Waals surface area contributed by atoms with Crippen LogP contribution in [0.1, 0.15) is 110 Å². The summed E-state index contributed by atoms with van der Waals surface area (Å²) in [5.74, 6) is -1.04. The highest BCUT2D eigenvalue weighted by atomic mass is 16.5. The fourth-order valence-electron chi connectivity index (χ4n) is 4.87. The second-order valence-electron chi connectivity index (χ2n) is 12.0. The zero-order chi connectivity index (χ0) is 29.9. The quantitative estimate of drug-likeness (QED) is 0.0505. The Morgan fingerprint density at radius 2 is 1.26 bits per heavy atom. The molecule has 0 saturated carbocycles. The first-order chi connectivity index (χ1) is 18.3. The number of carbonyl (C=O) groups excluding carboxylic acids is 1. The molecule has 1 amide bonds. The average molecular weight is 564 g/mol. The van der Waals surface area contributed by atoms with Gasteiger partial charge in [-0.3, -0.25) is 9.28 Å². The van der Waals surface area contributed by atoms with Crippen LogP contribution in [0.3, 0.4) is 0 Å². The minimum Gasteiger partial charge on any atom is -0.475 e. The molecule has 10 nitrogen and oxygen atoms in total. The number of amides is 1. The molecule has 0 heterocycles. The first-order valence-electron chi connectivity index (χ1n) is 15.0. The van der Waals surface area contributed by atoms with Crippen LogP contribution in [0, 0.1) is 5.92 Å². The molecule has 0 spiro atoms. The van der Waals surface area contributed by atoms with E-state index in [9.17, 15) is 35.1 Å². The van der Waals surface area contributed by atoms with Crippen molar-refractivity contribution in [2.45, 2.75) is 134 Å². The third-order valence-corrected chi connectivity index (χ3v) is 7.71. The molecule has 0 rings (SSSR count). The number of aliphatic hydroxyl groups excluding tert-OH is 4. The van der Waals surface area contributed by atoms with Crippen molar-refractivity contribution in [2.24, 2.45) is 5.92 Å². The predicted octanol–water partition coefficient (Wildman–Crippen LogP) is 2.53. The van der Waals surface area contributed by atoms with Crippen molar-refractivity contribution in [1.29, 1.82) is 0 Å². The SMILES string of the molecule is CC(C)CCCCCCCCCCCCCCC(=O)NCCC[N+](C)(C)[C@](O)(C(=O)O)[C@@H](O)[C@H](O)[C@H](O)CO. The van der Waals surface area contributed by atoms with Crippen LogP contribution in [0.15, 0.2) is 0 Å². The number of carboxylic acid groups (broad SMARTS) is 1. The van der Waals surface area contributed by atoms with Gasteiger partial charge in [-0.25, -0.2) is 4.79 Å². The molecule has 0 bridgehead atoms. The van der Waals surface area contributed by atoms with Crippen molar-refractivity contribution < 1.29 is 44.7 Å². The maximum absolute atomic E-state index is 12.1. The molecule has 4 atom stereocenters. The van der Waals surface area contributed by atoms with Gasteiger partial charge in [0.2, 0.25) is 5.91 Å². The molecule has 0 unspecified atom stereocenters. The van der Waals surface area contributed by atoms with Gasteiger partial charge in [0.15, 0.2) is 6.10 Å². The van der Waals surface area contributed by atoms with E-state index in [4.69, 9.17) is 5.11 Å². The minimum atomic E-state index is -2.84. The molecule has 0 radical (unpaired) electrons. The molecule has 0 fully saturated rings. The van der Waals surface area contributed by atoms with Crippen LogP contribution >= 0.6 is 0 Å². The van der Waals surface area contributed by atoms with E-state index in [1.54, 1.807) is 0 Å². The van der Waals surface area contributed by atoms with Gasteiger partial charge in [0, 0.05) is 19.4 Å². The van der Waals surface area contributed by atoms with Crippen LogP contribution in [0.2, 0.25) is 0 Å². The first kappa shape index (κ1) is 37.7. The number of rotatable bonds is 25.